The van der Waals surface area contributed by atoms with Crippen molar-refractivity contribution in [1.82, 2.24) is 9.97 Å². The predicted octanol–water partition coefficient (Wildman–Crippen LogP) is 3.46. The molecule has 0 fully saturated rings. The number of hydrogen-bond acceptors (Lipinski definition) is 3. The van der Waals surface area contributed by atoms with Gasteiger partial charge in [0.2, 0.25) is 0 Å². The van der Waals surface area contributed by atoms with E-state index in [4.69, 9.17) is 51.5 Å². The average molecular weight is 435 g/mol. The van der Waals surface area contributed by atoms with Gasteiger partial charge in [-0.15, -0.1) is 5.21 Å². The molecular weight excluding hydrogens is 421 g/mol. The van der Waals surface area contributed by atoms with Crippen LogP contribution in [0.15, 0.2) is 71.5 Å². The highest BCUT2D eigenvalue weighted by atomic mass is 16.3. The lowest BCUT2D eigenvalue weighted by Gasteiger charge is -2.48. The highest BCUT2D eigenvalue weighted by Crippen LogP contribution is 2.58. The van der Waals surface area contributed by atoms with Gasteiger partial charge in [0.05, 0.1) is 52.8 Å². The first-order valence-corrected chi connectivity index (χ1v) is 11.1. The van der Waals surface area contributed by atoms with Crippen LogP contribution in [0.3, 0.4) is 0 Å². The molecule has 0 N–H and O–H groups in total. The van der Waals surface area contributed by atoms with E-state index in [2.05, 4.69) is 28.2 Å². The number of nitrogens with zero attached hydrogens (tertiary/aromatic N) is 2. The highest BCUT2D eigenvalue weighted by molar-refractivity contribution is 6.63. The summed E-state index contributed by atoms with van der Waals surface area (Å²) in [5, 5.41) is -3.01. The maximum absolute atomic E-state index is 6.40. The van der Waals surface area contributed by atoms with Gasteiger partial charge in [-0.2, -0.15) is 0 Å². The first-order chi connectivity index (χ1) is 16.5. The normalized spacial score (nSPS) is 17.5. The van der Waals surface area contributed by atoms with E-state index in [-0.39, 0.29) is 0 Å². The number of aromatic nitrogens is 2. The summed E-state index contributed by atoms with van der Waals surface area (Å²) in [5.74, 6) is 0. The van der Waals surface area contributed by atoms with Gasteiger partial charge in [-0.1, -0.05) is 39.8 Å². The third-order valence-corrected chi connectivity index (χ3v) is 7.18. The van der Waals surface area contributed by atoms with E-state index in [9.17, 15) is 0 Å². The molecule has 152 valence electrons. The minimum Gasteiger partial charge on any atom is -0.455 e. The van der Waals surface area contributed by atoms with Crippen LogP contribution in [0.25, 0.3) is 44.3 Å². The van der Waals surface area contributed by atoms with Crippen molar-refractivity contribution >= 4 is 69.0 Å². The molecule has 12 radical (unpaired) electrons. The van der Waals surface area contributed by atoms with Gasteiger partial charge in [-0.25, -0.2) is 9.97 Å². The topological polar surface area (TPSA) is 38.9 Å². The Morgan fingerprint density at radius 1 is 0.743 bits per heavy atom. The largest absolute Gasteiger partial charge is 0.455 e. The van der Waals surface area contributed by atoms with Gasteiger partial charge in [0, 0.05) is 28.1 Å². The van der Waals surface area contributed by atoms with Gasteiger partial charge in [-0.05, 0) is 54.4 Å². The minimum absolute atomic E-state index is 0.502. The second-order valence-corrected chi connectivity index (χ2v) is 9.46. The van der Waals surface area contributed by atoms with E-state index in [1.165, 1.54) is 6.33 Å². The smallest absolute Gasteiger partial charge is 0.143 e. The number of benzene rings is 3. The molecule has 0 saturated carbocycles. The maximum atomic E-state index is 6.40. The Bertz CT molecular complexity index is 1640. The van der Waals surface area contributed by atoms with Gasteiger partial charge < -0.3 is 4.42 Å². The summed E-state index contributed by atoms with van der Waals surface area (Å²) in [7, 11) is 37.9. The van der Waals surface area contributed by atoms with Crippen LogP contribution in [0.1, 0.15) is 16.7 Å². The minimum atomic E-state index is -1.75. The van der Waals surface area contributed by atoms with E-state index >= 15 is 0 Å². The van der Waals surface area contributed by atoms with E-state index < -0.39 is 15.6 Å². The molecule has 0 atom stereocenters. The van der Waals surface area contributed by atoms with Crippen molar-refractivity contribution in [1.29, 1.82) is 0 Å². The molecule has 0 amide bonds. The average Bonchev–Trinajstić information content (AvgIpc) is 3.25. The van der Waals surface area contributed by atoms with E-state index in [0.29, 0.717) is 11.1 Å². The summed E-state index contributed by atoms with van der Waals surface area (Å²) < 4.78 is 6.34. The molecular formula is C26H14B6N2O. The van der Waals surface area contributed by atoms with Gasteiger partial charge in [0.15, 0.2) is 0 Å². The quantitative estimate of drug-likeness (QED) is 0.399. The number of aryl methyl sites for hydroxylation is 1. The van der Waals surface area contributed by atoms with Crippen molar-refractivity contribution in [3.63, 3.8) is 0 Å². The lowest BCUT2D eigenvalue weighted by Crippen LogP contribution is -2.49. The highest BCUT2D eigenvalue weighted by Gasteiger charge is 2.53. The summed E-state index contributed by atoms with van der Waals surface area (Å²) in [6.45, 7) is 2.04. The van der Waals surface area contributed by atoms with Crippen LogP contribution in [-0.4, -0.2) is 57.0 Å². The third-order valence-electron chi connectivity index (χ3n) is 7.18. The molecule has 0 spiro atoms. The van der Waals surface area contributed by atoms with E-state index in [1.54, 1.807) is 12.3 Å². The third kappa shape index (κ3) is 3.00. The molecule has 35 heavy (non-hydrogen) atoms. The SMILES string of the molecule is [B]C1([B])c2ccc(-c3cc(C)cc4c3oc3ccc(-c5ccncn5)cc34)cc2C([B])([B])C1([B])[B]. The lowest BCUT2D eigenvalue weighted by molar-refractivity contribution is 0.666. The Labute approximate surface area is 212 Å². The first kappa shape index (κ1) is 22.4. The van der Waals surface area contributed by atoms with Crippen LogP contribution in [0, 0.1) is 6.92 Å². The number of furan rings is 1. The van der Waals surface area contributed by atoms with Gasteiger partial charge >= 0.3 is 0 Å². The van der Waals surface area contributed by atoms with Crippen molar-refractivity contribution < 1.29 is 4.42 Å². The molecule has 2 aromatic heterocycles. The Hall–Kier alpha value is -3.07. The summed E-state index contributed by atoms with van der Waals surface area (Å²) in [4.78, 5) is 8.37. The monoisotopic (exact) mass is 436 g/mol. The van der Waals surface area contributed by atoms with Crippen LogP contribution >= 0.6 is 0 Å². The number of fused-ring (bicyclic) bond motifs is 4. The van der Waals surface area contributed by atoms with Crippen molar-refractivity contribution in [2.75, 3.05) is 0 Å². The zero-order valence-corrected chi connectivity index (χ0v) is 19.1. The van der Waals surface area contributed by atoms with Crippen molar-refractivity contribution in [3.8, 4) is 22.4 Å². The molecule has 3 nitrogen and oxygen atoms in total. The van der Waals surface area contributed by atoms with E-state index in [0.717, 1.165) is 49.9 Å². The maximum Gasteiger partial charge on any atom is 0.143 e. The Morgan fingerprint density at radius 2 is 1.49 bits per heavy atom. The van der Waals surface area contributed by atoms with Crippen molar-refractivity contribution in [2.45, 2.75) is 22.6 Å². The zero-order chi connectivity index (χ0) is 24.8. The van der Waals surface area contributed by atoms with Crippen LogP contribution in [0.5, 0.6) is 0 Å². The van der Waals surface area contributed by atoms with Crippen LogP contribution in [0.4, 0.5) is 0 Å². The second-order valence-electron chi connectivity index (χ2n) is 9.46. The first-order valence-electron chi connectivity index (χ1n) is 11.1. The summed E-state index contributed by atoms with van der Waals surface area (Å²) in [6, 6.07) is 17.6. The fourth-order valence-electron chi connectivity index (χ4n) is 5.06. The molecule has 0 aliphatic heterocycles. The fraction of sp³-hybridized carbons (Fsp3) is 0.154. The number of rotatable bonds is 2. The Morgan fingerprint density at radius 3 is 2.23 bits per heavy atom. The van der Waals surface area contributed by atoms with Gasteiger partial charge in [0.1, 0.15) is 17.5 Å². The van der Waals surface area contributed by atoms with Crippen molar-refractivity contribution in [2.24, 2.45) is 0 Å². The molecule has 2 heterocycles. The second kappa shape index (κ2) is 7.22. The van der Waals surface area contributed by atoms with Crippen LogP contribution < -0.4 is 0 Å². The molecule has 0 saturated heterocycles. The van der Waals surface area contributed by atoms with Gasteiger partial charge in [0.25, 0.3) is 0 Å². The molecule has 1 aliphatic rings. The predicted molar refractivity (Wildman–Crippen MR) is 145 cm³/mol. The zero-order valence-electron chi connectivity index (χ0n) is 19.1. The molecule has 6 rings (SSSR count). The van der Waals surface area contributed by atoms with Crippen molar-refractivity contribution in [3.05, 3.63) is 83.8 Å². The molecule has 9 heteroatoms. The fourth-order valence-corrected chi connectivity index (χ4v) is 5.06. The standard InChI is InChI=1S/C26H14B6N2O/c1-13-8-16(14-2-4-19-20(11-14)25(29,30)26(31,32)24(19,27)28)23-18(9-13)17-10-15(3-5-22(17)35-23)21-6-7-33-12-34-21/h2-12H,1H3. The lowest BCUT2D eigenvalue weighted by atomic mass is 9.20. The molecule has 5 aromatic rings. The summed E-state index contributed by atoms with van der Waals surface area (Å²) >= 11 is 0. The molecule has 0 unspecified atom stereocenters. The summed E-state index contributed by atoms with van der Waals surface area (Å²) in [6.07, 6.45) is 3.26. The summed E-state index contributed by atoms with van der Waals surface area (Å²) in [5.41, 5.74) is 7.11. The number of hydrogen-bond donors (Lipinski definition) is 0. The molecule has 0 bridgehead atoms. The van der Waals surface area contributed by atoms with Crippen LogP contribution in [0.2, 0.25) is 5.21 Å². The van der Waals surface area contributed by atoms with E-state index in [1.807, 2.05) is 37.3 Å². The van der Waals surface area contributed by atoms with Gasteiger partial charge in [-0.3, -0.25) is 0 Å². The van der Waals surface area contributed by atoms with Crippen LogP contribution in [-0.2, 0) is 10.4 Å². The Kier molecular flexibility index (Phi) is 4.62. The molecule has 1 aliphatic carbocycles. The Balaban J connectivity index is 1.58. The molecule has 3 aromatic carbocycles.